The fourth-order valence-corrected chi connectivity index (χ4v) is 5.36. The lowest BCUT2D eigenvalue weighted by Crippen LogP contribution is -2.43. The summed E-state index contributed by atoms with van der Waals surface area (Å²) in [6.07, 6.45) is 1.52. The molecule has 0 spiro atoms. The van der Waals surface area contributed by atoms with E-state index in [1.807, 2.05) is 30.3 Å². The minimum absolute atomic E-state index is 0.000941. The molecule has 0 radical (unpaired) electrons. The Kier molecular flexibility index (Phi) is 9.71. The van der Waals surface area contributed by atoms with Gasteiger partial charge in [-0.3, -0.25) is 9.20 Å². The summed E-state index contributed by atoms with van der Waals surface area (Å²) in [5.74, 6) is -1.16. The Labute approximate surface area is 253 Å². The van der Waals surface area contributed by atoms with E-state index in [9.17, 15) is 14.0 Å². The van der Waals surface area contributed by atoms with E-state index in [1.165, 1.54) is 22.7 Å². The number of ether oxygens (including phenoxy) is 2. The Morgan fingerprint density at radius 1 is 1.07 bits per heavy atom. The first-order valence-electron chi connectivity index (χ1n) is 14.4. The molecule has 228 valence electrons. The molecule has 2 heterocycles. The SMILES string of the molecule is CCOC(=O)c1cc(OCc2ccccc2F)c2nc(C)c(C(=O)N[C@@H](CO[Si](C)(C)C(C)(C)C)c3ccccc3)n2c1. The minimum Gasteiger partial charge on any atom is -0.485 e. The zero-order valence-electron chi connectivity index (χ0n) is 25.9. The van der Waals surface area contributed by atoms with Crippen LogP contribution in [0.1, 0.15) is 71.4 Å². The van der Waals surface area contributed by atoms with Crippen LogP contribution in [0.2, 0.25) is 18.1 Å². The highest BCUT2D eigenvalue weighted by molar-refractivity contribution is 6.74. The summed E-state index contributed by atoms with van der Waals surface area (Å²) in [5.41, 5.74) is 2.42. The van der Waals surface area contributed by atoms with Crippen molar-refractivity contribution in [1.82, 2.24) is 14.7 Å². The number of nitrogens with zero attached hydrogens (tertiary/aromatic N) is 2. The van der Waals surface area contributed by atoms with Crippen LogP contribution in [0.3, 0.4) is 0 Å². The number of amides is 1. The lowest BCUT2D eigenvalue weighted by Gasteiger charge is -2.37. The van der Waals surface area contributed by atoms with Gasteiger partial charge in [-0.2, -0.15) is 0 Å². The van der Waals surface area contributed by atoms with Crippen LogP contribution in [-0.4, -0.2) is 42.8 Å². The molecular formula is C33H40FN3O5Si. The lowest BCUT2D eigenvalue weighted by molar-refractivity contribution is 0.0524. The molecule has 10 heteroatoms. The van der Waals surface area contributed by atoms with Crippen molar-refractivity contribution in [3.63, 3.8) is 0 Å². The molecule has 0 unspecified atom stereocenters. The van der Waals surface area contributed by atoms with Gasteiger partial charge < -0.3 is 19.2 Å². The second-order valence-corrected chi connectivity index (χ2v) is 16.8. The van der Waals surface area contributed by atoms with E-state index in [0.717, 1.165) is 5.56 Å². The van der Waals surface area contributed by atoms with E-state index in [0.29, 0.717) is 23.5 Å². The van der Waals surface area contributed by atoms with Gasteiger partial charge in [0.05, 0.1) is 30.5 Å². The number of carbonyl (C=O) groups is 2. The third-order valence-corrected chi connectivity index (χ3v) is 12.4. The molecule has 1 amide bonds. The third-order valence-electron chi connectivity index (χ3n) is 7.85. The van der Waals surface area contributed by atoms with Gasteiger partial charge in [0.15, 0.2) is 19.7 Å². The maximum absolute atomic E-state index is 14.3. The normalized spacial score (nSPS) is 12.7. The Bertz CT molecular complexity index is 1600. The quantitative estimate of drug-likeness (QED) is 0.146. The van der Waals surface area contributed by atoms with Gasteiger partial charge in [0.2, 0.25) is 0 Å². The summed E-state index contributed by atoms with van der Waals surface area (Å²) < 4.78 is 33.6. The largest absolute Gasteiger partial charge is 0.485 e. The highest BCUT2D eigenvalue weighted by atomic mass is 28.4. The highest BCUT2D eigenvalue weighted by Crippen LogP contribution is 2.37. The average Bonchev–Trinajstić information content (AvgIpc) is 3.30. The molecule has 0 saturated heterocycles. The Morgan fingerprint density at radius 2 is 1.74 bits per heavy atom. The van der Waals surface area contributed by atoms with E-state index in [4.69, 9.17) is 13.9 Å². The molecular weight excluding hydrogens is 565 g/mol. The number of esters is 1. The number of nitrogens with one attached hydrogen (secondary N) is 1. The van der Waals surface area contributed by atoms with E-state index >= 15 is 0 Å². The minimum atomic E-state index is -2.11. The first-order chi connectivity index (χ1) is 20.3. The highest BCUT2D eigenvalue weighted by Gasteiger charge is 2.38. The van der Waals surface area contributed by atoms with Gasteiger partial charge in [0.25, 0.3) is 5.91 Å². The van der Waals surface area contributed by atoms with Crippen LogP contribution >= 0.6 is 0 Å². The third kappa shape index (κ3) is 7.31. The summed E-state index contributed by atoms with van der Waals surface area (Å²) in [6.45, 7) is 14.7. The van der Waals surface area contributed by atoms with E-state index in [1.54, 1.807) is 32.0 Å². The van der Waals surface area contributed by atoms with Crippen LogP contribution in [0.5, 0.6) is 5.75 Å². The lowest BCUT2D eigenvalue weighted by atomic mass is 10.1. The van der Waals surface area contributed by atoms with Crippen molar-refractivity contribution in [2.45, 2.75) is 65.4 Å². The summed E-state index contributed by atoms with van der Waals surface area (Å²) in [7, 11) is -2.11. The van der Waals surface area contributed by atoms with Crippen molar-refractivity contribution in [2.75, 3.05) is 13.2 Å². The van der Waals surface area contributed by atoms with Gasteiger partial charge in [-0.25, -0.2) is 14.2 Å². The Morgan fingerprint density at radius 3 is 2.40 bits per heavy atom. The van der Waals surface area contributed by atoms with Crippen LogP contribution in [0.4, 0.5) is 4.39 Å². The van der Waals surface area contributed by atoms with Gasteiger partial charge in [-0.05, 0) is 43.6 Å². The van der Waals surface area contributed by atoms with Crippen LogP contribution in [0.25, 0.3) is 5.65 Å². The first-order valence-corrected chi connectivity index (χ1v) is 17.3. The number of hydrogen-bond acceptors (Lipinski definition) is 6. The molecule has 8 nitrogen and oxygen atoms in total. The summed E-state index contributed by atoms with van der Waals surface area (Å²) >= 11 is 0. The van der Waals surface area contributed by atoms with Crippen LogP contribution in [0.15, 0.2) is 66.9 Å². The number of carbonyl (C=O) groups excluding carboxylic acids is 2. The Balaban J connectivity index is 1.72. The topological polar surface area (TPSA) is 91.2 Å². The second kappa shape index (κ2) is 13.1. The van der Waals surface area contributed by atoms with Gasteiger partial charge in [-0.1, -0.05) is 69.3 Å². The molecule has 1 N–H and O–H groups in total. The summed E-state index contributed by atoms with van der Waals surface area (Å²) in [4.78, 5) is 31.4. The maximum atomic E-state index is 14.3. The molecule has 0 bridgehead atoms. The molecule has 0 aliphatic carbocycles. The van der Waals surface area contributed by atoms with E-state index in [2.05, 4.69) is 44.2 Å². The van der Waals surface area contributed by atoms with Gasteiger partial charge in [-0.15, -0.1) is 0 Å². The van der Waals surface area contributed by atoms with Crippen molar-refractivity contribution < 1.29 is 27.9 Å². The van der Waals surface area contributed by atoms with Gasteiger partial charge in [0.1, 0.15) is 18.1 Å². The Hall–Kier alpha value is -4.02. The number of imidazole rings is 1. The summed E-state index contributed by atoms with van der Waals surface area (Å²) in [6, 6.07) is 17.0. The number of hydrogen-bond donors (Lipinski definition) is 1. The number of pyridine rings is 1. The number of aryl methyl sites for hydroxylation is 1. The fourth-order valence-electron chi connectivity index (χ4n) is 4.35. The average molecular weight is 606 g/mol. The molecule has 0 fully saturated rings. The fraction of sp³-hybridized carbons (Fsp3) is 0.364. The van der Waals surface area contributed by atoms with Crippen molar-refractivity contribution in [2.24, 2.45) is 0 Å². The predicted molar refractivity (Wildman–Crippen MR) is 166 cm³/mol. The number of benzene rings is 2. The zero-order valence-corrected chi connectivity index (χ0v) is 26.9. The first kappa shape index (κ1) is 31.9. The van der Waals surface area contributed by atoms with Gasteiger partial charge in [0, 0.05) is 17.8 Å². The van der Waals surface area contributed by atoms with Crippen LogP contribution in [0, 0.1) is 12.7 Å². The van der Waals surface area contributed by atoms with Crippen molar-refractivity contribution in [1.29, 1.82) is 0 Å². The molecule has 2 aromatic carbocycles. The number of rotatable bonds is 11. The second-order valence-electron chi connectivity index (χ2n) is 11.9. The number of aromatic nitrogens is 2. The van der Waals surface area contributed by atoms with Crippen molar-refractivity contribution >= 4 is 25.8 Å². The molecule has 0 saturated carbocycles. The molecule has 1 atom stereocenters. The molecule has 0 aliphatic heterocycles. The molecule has 4 aromatic rings. The molecule has 43 heavy (non-hydrogen) atoms. The predicted octanol–water partition coefficient (Wildman–Crippen LogP) is 7.03. The zero-order chi connectivity index (χ0) is 31.4. The van der Waals surface area contributed by atoms with Crippen LogP contribution < -0.4 is 10.1 Å². The molecule has 2 aromatic heterocycles. The van der Waals surface area contributed by atoms with E-state index in [-0.39, 0.29) is 35.3 Å². The maximum Gasteiger partial charge on any atom is 0.339 e. The van der Waals surface area contributed by atoms with Gasteiger partial charge >= 0.3 is 5.97 Å². The summed E-state index contributed by atoms with van der Waals surface area (Å²) in [5, 5.41) is 3.14. The van der Waals surface area contributed by atoms with Crippen molar-refractivity contribution in [3.05, 3.63) is 101 Å². The monoisotopic (exact) mass is 605 g/mol. The number of halogens is 1. The van der Waals surface area contributed by atoms with Crippen LogP contribution in [-0.2, 0) is 15.8 Å². The smallest absolute Gasteiger partial charge is 0.339 e. The molecule has 0 aliphatic rings. The van der Waals surface area contributed by atoms with Crippen molar-refractivity contribution in [3.8, 4) is 5.75 Å². The molecule has 4 rings (SSSR count). The van der Waals surface area contributed by atoms with E-state index < -0.39 is 32.1 Å². The standard InChI is InChI=1S/C33H40FN3O5Si/c1-8-40-32(39)25-18-28(41-20-24-16-12-13-17-26(24)34)30-35-22(2)29(37(30)19-25)31(38)36-27(23-14-10-9-11-15-23)21-42-43(6,7)33(3,4)5/h9-19,27H,8,20-21H2,1-7H3,(H,36,38)/t27-/m0/s1. The number of fused-ring (bicyclic) bond motifs is 1.